The number of hydrogen-bond acceptors (Lipinski definition) is 15. The van der Waals surface area contributed by atoms with E-state index in [1.54, 1.807) is 0 Å². The van der Waals surface area contributed by atoms with Crippen LogP contribution in [0.1, 0.15) is 370 Å². The Bertz CT molecular complexity index is 1960. The van der Waals surface area contributed by atoms with Gasteiger partial charge >= 0.3 is 39.5 Å². The molecule has 0 fully saturated rings. The van der Waals surface area contributed by atoms with Crippen LogP contribution in [0, 0.1) is 17.8 Å². The van der Waals surface area contributed by atoms with Crippen LogP contribution in [0.5, 0.6) is 0 Å². The number of phosphoric acid groups is 2. The lowest BCUT2D eigenvalue weighted by Gasteiger charge is -2.21. The molecule has 0 aromatic carbocycles. The van der Waals surface area contributed by atoms with Gasteiger partial charge < -0.3 is 33.8 Å². The van der Waals surface area contributed by atoms with Gasteiger partial charge in [0.15, 0.2) is 12.2 Å². The molecule has 0 saturated heterocycles. The van der Waals surface area contributed by atoms with Crippen molar-refractivity contribution in [2.24, 2.45) is 17.8 Å². The van der Waals surface area contributed by atoms with Gasteiger partial charge in [-0.2, -0.15) is 0 Å². The van der Waals surface area contributed by atoms with Crippen LogP contribution in [0.15, 0.2) is 24.3 Å². The van der Waals surface area contributed by atoms with Crippen LogP contribution in [-0.4, -0.2) is 96.7 Å². The van der Waals surface area contributed by atoms with Gasteiger partial charge in [-0.1, -0.05) is 317 Å². The summed E-state index contributed by atoms with van der Waals surface area (Å²) in [5, 5.41) is 10.6. The lowest BCUT2D eigenvalue weighted by molar-refractivity contribution is -0.161. The highest BCUT2D eigenvalue weighted by atomic mass is 31.2. The van der Waals surface area contributed by atoms with E-state index in [9.17, 15) is 43.2 Å². The molecule has 0 aromatic heterocycles. The SMILES string of the molecule is CCCCCC/C=C\C=C/CCCCCCCC(=O)OC[C@H](COP(=O)(O)OC[C@@H](O)COP(=O)(O)OC[C@@H](COC(=O)CCCCCCCCCCC(C)C)OC(=O)CCCCCCCCCCCCCC(C)C)OC(=O)CCCCCCCCCCCCCCCC(C)C. The molecule has 566 valence electrons. The van der Waals surface area contributed by atoms with E-state index in [-0.39, 0.29) is 25.7 Å². The number of phosphoric ester groups is 2. The zero-order valence-electron chi connectivity index (χ0n) is 62.3. The highest BCUT2D eigenvalue weighted by Gasteiger charge is 2.30. The zero-order chi connectivity index (χ0) is 70.9. The van der Waals surface area contributed by atoms with Crippen molar-refractivity contribution in [2.75, 3.05) is 39.6 Å². The van der Waals surface area contributed by atoms with Crippen molar-refractivity contribution in [3.8, 4) is 0 Å². The monoisotopic (exact) mass is 1410 g/mol. The number of aliphatic hydroxyl groups is 1. The second-order valence-corrected chi connectivity index (χ2v) is 31.4. The first-order chi connectivity index (χ1) is 46.2. The molecule has 0 aromatic rings. The van der Waals surface area contributed by atoms with Crippen LogP contribution < -0.4 is 0 Å². The predicted molar refractivity (Wildman–Crippen MR) is 390 cm³/mol. The first-order valence-electron chi connectivity index (χ1n) is 39.2. The molecule has 0 saturated carbocycles. The van der Waals surface area contributed by atoms with E-state index in [2.05, 4.69) is 72.8 Å². The lowest BCUT2D eigenvalue weighted by atomic mass is 10.0. The molecule has 0 aliphatic heterocycles. The number of allylic oxidation sites excluding steroid dienone is 4. The summed E-state index contributed by atoms with van der Waals surface area (Å²) in [6, 6.07) is 0. The van der Waals surface area contributed by atoms with E-state index in [0.717, 1.165) is 127 Å². The van der Waals surface area contributed by atoms with Gasteiger partial charge in [0.2, 0.25) is 0 Å². The third-order valence-electron chi connectivity index (χ3n) is 17.3. The quantitative estimate of drug-likeness (QED) is 0.0169. The van der Waals surface area contributed by atoms with E-state index >= 15 is 0 Å². The smallest absolute Gasteiger partial charge is 0.462 e. The Hall–Kier alpha value is -2.46. The Balaban J connectivity index is 5.30. The first-order valence-corrected chi connectivity index (χ1v) is 42.2. The Labute approximate surface area is 586 Å². The molecule has 5 atom stereocenters. The summed E-state index contributed by atoms with van der Waals surface area (Å²) < 4.78 is 68.5. The molecule has 0 radical (unpaired) electrons. The maximum Gasteiger partial charge on any atom is 0.472 e. The van der Waals surface area contributed by atoms with Crippen molar-refractivity contribution >= 4 is 39.5 Å². The van der Waals surface area contributed by atoms with Gasteiger partial charge in [-0.3, -0.25) is 37.3 Å². The van der Waals surface area contributed by atoms with Crippen molar-refractivity contribution in [1.82, 2.24) is 0 Å². The van der Waals surface area contributed by atoms with Crippen LogP contribution >= 0.6 is 15.6 Å². The molecular formula is C77H146O17P2. The Morgan fingerprint density at radius 1 is 0.323 bits per heavy atom. The van der Waals surface area contributed by atoms with Crippen molar-refractivity contribution in [1.29, 1.82) is 0 Å². The fourth-order valence-electron chi connectivity index (χ4n) is 11.2. The summed E-state index contributed by atoms with van der Waals surface area (Å²) in [5.41, 5.74) is 0. The average Bonchev–Trinajstić information content (AvgIpc) is 1.60. The van der Waals surface area contributed by atoms with E-state index < -0.39 is 97.5 Å². The van der Waals surface area contributed by atoms with Crippen molar-refractivity contribution in [3.63, 3.8) is 0 Å². The number of carbonyl (C=O) groups is 4. The topological polar surface area (TPSA) is 237 Å². The molecule has 17 nitrogen and oxygen atoms in total. The number of aliphatic hydroxyl groups excluding tert-OH is 1. The fraction of sp³-hybridized carbons (Fsp3) is 0.896. The van der Waals surface area contributed by atoms with Gasteiger partial charge in [0.05, 0.1) is 26.4 Å². The highest BCUT2D eigenvalue weighted by Crippen LogP contribution is 2.45. The van der Waals surface area contributed by atoms with Crippen LogP contribution in [0.2, 0.25) is 0 Å². The van der Waals surface area contributed by atoms with Gasteiger partial charge in [0, 0.05) is 25.7 Å². The molecule has 19 heteroatoms. The predicted octanol–water partition coefficient (Wildman–Crippen LogP) is 22.1. The summed E-state index contributed by atoms with van der Waals surface area (Å²) in [6.45, 7) is 11.8. The largest absolute Gasteiger partial charge is 0.472 e. The summed E-state index contributed by atoms with van der Waals surface area (Å²) in [5.74, 6) is 0.126. The molecular weight excluding hydrogens is 1260 g/mol. The molecule has 3 N–H and O–H groups in total. The molecule has 0 aliphatic rings. The molecule has 2 unspecified atom stereocenters. The average molecular weight is 1410 g/mol. The lowest BCUT2D eigenvalue weighted by Crippen LogP contribution is -2.30. The molecule has 0 bridgehead atoms. The highest BCUT2D eigenvalue weighted by molar-refractivity contribution is 7.47. The molecule has 0 heterocycles. The second kappa shape index (κ2) is 67.1. The third-order valence-corrected chi connectivity index (χ3v) is 19.2. The summed E-state index contributed by atoms with van der Waals surface area (Å²) in [7, 11) is -9.93. The summed E-state index contributed by atoms with van der Waals surface area (Å²) in [4.78, 5) is 72.8. The van der Waals surface area contributed by atoms with Crippen LogP contribution in [-0.2, 0) is 65.4 Å². The number of rotatable bonds is 73. The number of ether oxygens (including phenoxy) is 4. The maximum atomic E-state index is 13.1. The summed E-state index contributed by atoms with van der Waals surface area (Å²) in [6.07, 6.45) is 56.3. The third kappa shape index (κ3) is 70.0. The van der Waals surface area contributed by atoms with E-state index in [4.69, 9.17) is 37.0 Å². The van der Waals surface area contributed by atoms with Crippen LogP contribution in [0.3, 0.4) is 0 Å². The fourth-order valence-corrected chi connectivity index (χ4v) is 12.8. The van der Waals surface area contributed by atoms with Gasteiger partial charge in [-0.25, -0.2) is 9.13 Å². The Morgan fingerprint density at radius 3 is 0.844 bits per heavy atom. The van der Waals surface area contributed by atoms with Crippen molar-refractivity contribution < 1.29 is 80.2 Å². The van der Waals surface area contributed by atoms with E-state index in [1.165, 1.54) is 161 Å². The molecule has 96 heavy (non-hydrogen) atoms. The van der Waals surface area contributed by atoms with Crippen molar-refractivity contribution in [3.05, 3.63) is 24.3 Å². The number of unbranched alkanes of at least 4 members (excludes halogenated alkanes) is 38. The number of hydrogen-bond donors (Lipinski definition) is 3. The van der Waals surface area contributed by atoms with Gasteiger partial charge in [0.1, 0.15) is 19.3 Å². The normalized spacial score (nSPS) is 14.2. The Morgan fingerprint density at radius 2 is 0.562 bits per heavy atom. The maximum absolute atomic E-state index is 13.1. The van der Waals surface area contributed by atoms with Gasteiger partial charge in [-0.05, 0) is 69.1 Å². The minimum absolute atomic E-state index is 0.1000. The Kier molecular flexibility index (Phi) is 65.3. The van der Waals surface area contributed by atoms with Crippen LogP contribution in [0.4, 0.5) is 0 Å². The van der Waals surface area contributed by atoms with Gasteiger partial charge in [-0.15, -0.1) is 0 Å². The second-order valence-electron chi connectivity index (χ2n) is 28.5. The van der Waals surface area contributed by atoms with Gasteiger partial charge in [0.25, 0.3) is 0 Å². The number of esters is 4. The standard InChI is InChI=1S/C77H146O17P2/c1-8-9-10-11-12-13-14-15-16-19-24-29-37-44-51-58-74(79)87-64-72(93-76(81)60-53-46-39-30-25-20-17-18-22-27-34-41-48-55-68(2)3)66-91-95(83,84)89-62-71(78)63-90-96(85,86)92-67-73(65-88-75(80)59-52-45-38-33-32-36-43-50-57-70(6)7)94-77(82)61-54-47-40-31-26-21-23-28-35-42-49-56-69(4)5/h13-16,68-73,78H,8-12,17-67H2,1-7H3,(H,83,84)(H,85,86)/b14-13-,16-15-/t71-,72-,73-/m1/s1. The summed E-state index contributed by atoms with van der Waals surface area (Å²) >= 11 is 0. The van der Waals surface area contributed by atoms with Crippen LogP contribution in [0.25, 0.3) is 0 Å². The minimum atomic E-state index is -4.97. The van der Waals surface area contributed by atoms with E-state index in [0.29, 0.717) is 25.7 Å². The number of carbonyl (C=O) groups excluding carboxylic acids is 4. The molecule has 0 aliphatic carbocycles. The molecule has 0 spiro atoms. The molecule has 0 rings (SSSR count). The van der Waals surface area contributed by atoms with Crippen molar-refractivity contribution in [2.45, 2.75) is 388 Å². The molecule has 0 amide bonds. The van der Waals surface area contributed by atoms with E-state index in [1.807, 2.05) is 0 Å². The minimum Gasteiger partial charge on any atom is -0.462 e. The zero-order valence-corrected chi connectivity index (χ0v) is 64.1. The first kappa shape index (κ1) is 93.5.